The molecule has 0 spiro atoms. The lowest BCUT2D eigenvalue weighted by molar-refractivity contribution is -0.139. The largest absolute Gasteiger partial charge is 0.342 e. The summed E-state index contributed by atoms with van der Waals surface area (Å²) in [5.74, 6) is -0.0271. The first kappa shape index (κ1) is 14.7. The van der Waals surface area contributed by atoms with Gasteiger partial charge in [-0.05, 0) is 34.1 Å². The number of carbonyl (C=O) groups excluding carboxylic acids is 2. The van der Waals surface area contributed by atoms with Gasteiger partial charge in [-0.15, -0.1) is 0 Å². The van der Waals surface area contributed by atoms with E-state index in [1.807, 2.05) is 33.8 Å². The number of allylic oxidation sites excluding steroid dienone is 1. The monoisotopic (exact) mass is 252 g/mol. The zero-order valence-corrected chi connectivity index (χ0v) is 12.0. The average Bonchev–Trinajstić information content (AvgIpc) is 2.34. The Morgan fingerprint density at radius 1 is 1.50 bits per heavy atom. The van der Waals surface area contributed by atoms with Crippen LogP contribution in [-0.4, -0.2) is 34.8 Å². The van der Waals surface area contributed by atoms with Gasteiger partial charge in [0, 0.05) is 19.0 Å². The molecule has 2 unspecified atom stereocenters. The molecule has 0 aliphatic carbocycles. The van der Waals surface area contributed by atoms with Gasteiger partial charge in [0.05, 0.1) is 0 Å². The number of hydrogen-bond acceptors (Lipinski definition) is 2. The Bertz CT molecular complexity index is 372. The molecule has 18 heavy (non-hydrogen) atoms. The number of nitrogens with zero attached hydrogens (tertiary/aromatic N) is 1. The van der Waals surface area contributed by atoms with Crippen molar-refractivity contribution in [3.63, 3.8) is 0 Å². The molecule has 1 N–H and O–H groups in total. The van der Waals surface area contributed by atoms with Crippen molar-refractivity contribution in [1.82, 2.24) is 10.2 Å². The minimum Gasteiger partial charge on any atom is -0.342 e. The zero-order chi connectivity index (χ0) is 13.9. The van der Waals surface area contributed by atoms with E-state index in [-0.39, 0.29) is 17.9 Å². The van der Waals surface area contributed by atoms with Crippen molar-refractivity contribution in [2.45, 2.75) is 59.0 Å². The highest BCUT2D eigenvalue weighted by atomic mass is 16.2. The summed E-state index contributed by atoms with van der Waals surface area (Å²) < 4.78 is 0. The topological polar surface area (TPSA) is 49.4 Å². The third kappa shape index (κ3) is 3.12. The number of hydrogen-bond donors (Lipinski definition) is 1. The van der Waals surface area contributed by atoms with Crippen molar-refractivity contribution in [3.05, 3.63) is 11.6 Å². The van der Waals surface area contributed by atoms with Gasteiger partial charge in [0.1, 0.15) is 5.54 Å². The van der Waals surface area contributed by atoms with Crippen LogP contribution in [0.25, 0.3) is 0 Å². The molecular weight excluding hydrogens is 228 g/mol. The van der Waals surface area contributed by atoms with Crippen LogP contribution in [0.5, 0.6) is 0 Å². The number of carbonyl (C=O) groups is 2. The molecule has 0 aromatic rings. The molecule has 1 aliphatic heterocycles. The Morgan fingerprint density at radius 3 is 2.61 bits per heavy atom. The van der Waals surface area contributed by atoms with Crippen LogP contribution in [0.4, 0.5) is 0 Å². The summed E-state index contributed by atoms with van der Waals surface area (Å²) in [5.41, 5.74) is 0.411. The van der Waals surface area contributed by atoms with Crippen molar-refractivity contribution < 1.29 is 9.59 Å². The second-order valence-electron chi connectivity index (χ2n) is 5.53. The standard InChI is InChI=1S/C14H24N2O2/c1-6-14(5)13(18)16(8-7-10(2)3)11(4)9-12(17)15-14/h7,11H,6,8-9H2,1-5H3,(H,15,17). The van der Waals surface area contributed by atoms with Crippen molar-refractivity contribution in [3.8, 4) is 0 Å². The third-order valence-electron chi connectivity index (χ3n) is 3.56. The molecule has 2 atom stereocenters. The molecule has 2 amide bonds. The molecule has 1 saturated heterocycles. The van der Waals surface area contributed by atoms with Gasteiger partial charge in [-0.1, -0.05) is 18.6 Å². The minimum absolute atomic E-state index is 0.0147. The van der Waals surface area contributed by atoms with Crippen LogP contribution >= 0.6 is 0 Å². The molecule has 1 fully saturated rings. The zero-order valence-electron chi connectivity index (χ0n) is 12.0. The fourth-order valence-corrected chi connectivity index (χ4v) is 2.09. The molecule has 0 saturated carbocycles. The maximum Gasteiger partial charge on any atom is 0.248 e. The second kappa shape index (κ2) is 5.55. The summed E-state index contributed by atoms with van der Waals surface area (Å²) in [6.07, 6.45) is 3.01. The van der Waals surface area contributed by atoms with E-state index in [1.54, 1.807) is 11.8 Å². The lowest BCUT2D eigenvalue weighted by Crippen LogP contribution is -2.55. The predicted octanol–water partition coefficient (Wildman–Crippen LogP) is 1.86. The van der Waals surface area contributed by atoms with Crippen LogP contribution in [0, 0.1) is 0 Å². The number of rotatable bonds is 3. The Kier molecular flexibility index (Phi) is 4.54. The van der Waals surface area contributed by atoms with E-state index < -0.39 is 5.54 Å². The summed E-state index contributed by atoms with van der Waals surface area (Å²) in [7, 11) is 0. The Morgan fingerprint density at radius 2 is 2.11 bits per heavy atom. The van der Waals surface area contributed by atoms with Gasteiger partial charge >= 0.3 is 0 Å². The lowest BCUT2D eigenvalue weighted by atomic mass is 9.97. The second-order valence-corrected chi connectivity index (χ2v) is 5.53. The SMILES string of the molecule is CCC1(C)NC(=O)CC(C)N(CC=C(C)C)C1=O. The van der Waals surface area contributed by atoms with Crippen molar-refractivity contribution in [1.29, 1.82) is 0 Å². The van der Waals surface area contributed by atoms with Crippen LogP contribution in [0.15, 0.2) is 11.6 Å². The first-order chi connectivity index (χ1) is 8.30. The van der Waals surface area contributed by atoms with Gasteiger partial charge in [0.2, 0.25) is 11.8 Å². The quantitative estimate of drug-likeness (QED) is 0.779. The smallest absolute Gasteiger partial charge is 0.248 e. The van der Waals surface area contributed by atoms with Gasteiger partial charge in [-0.25, -0.2) is 0 Å². The van der Waals surface area contributed by atoms with Gasteiger partial charge in [0.25, 0.3) is 0 Å². The highest BCUT2D eigenvalue weighted by Crippen LogP contribution is 2.21. The molecule has 0 radical (unpaired) electrons. The lowest BCUT2D eigenvalue weighted by Gasteiger charge is -2.33. The summed E-state index contributed by atoms with van der Waals surface area (Å²) in [5, 5.41) is 2.85. The van der Waals surface area contributed by atoms with E-state index in [0.717, 1.165) is 0 Å². The normalized spacial score (nSPS) is 28.7. The van der Waals surface area contributed by atoms with E-state index >= 15 is 0 Å². The molecule has 1 heterocycles. The van der Waals surface area contributed by atoms with Crippen LogP contribution in [0.3, 0.4) is 0 Å². The minimum atomic E-state index is -0.767. The maximum atomic E-state index is 12.5. The first-order valence-electron chi connectivity index (χ1n) is 6.55. The van der Waals surface area contributed by atoms with Crippen LogP contribution in [0.1, 0.15) is 47.5 Å². The van der Waals surface area contributed by atoms with E-state index in [0.29, 0.717) is 19.4 Å². The van der Waals surface area contributed by atoms with Gasteiger partial charge < -0.3 is 10.2 Å². The number of nitrogens with one attached hydrogen (secondary N) is 1. The Labute approximate surface area is 109 Å². The first-order valence-corrected chi connectivity index (χ1v) is 6.55. The molecule has 1 rings (SSSR count). The summed E-state index contributed by atoms with van der Waals surface area (Å²) in [6.45, 7) is 10.3. The fraction of sp³-hybridized carbons (Fsp3) is 0.714. The van der Waals surface area contributed by atoms with E-state index in [1.165, 1.54) is 5.57 Å². The van der Waals surface area contributed by atoms with Gasteiger partial charge in [-0.2, -0.15) is 0 Å². The summed E-state index contributed by atoms with van der Waals surface area (Å²) >= 11 is 0. The van der Waals surface area contributed by atoms with E-state index in [9.17, 15) is 9.59 Å². The van der Waals surface area contributed by atoms with Crippen LogP contribution in [0.2, 0.25) is 0 Å². The Hall–Kier alpha value is -1.32. The molecular formula is C14H24N2O2. The van der Waals surface area contributed by atoms with Crippen molar-refractivity contribution in [2.24, 2.45) is 0 Å². The third-order valence-corrected chi connectivity index (χ3v) is 3.56. The van der Waals surface area contributed by atoms with Crippen molar-refractivity contribution >= 4 is 11.8 Å². The molecule has 102 valence electrons. The van der Waals surface area contributed by atoms with Crippen LogP contribution in [-0.2, 0) is 9.59 Å². The highest BCUT2D eigenvalue weighted by molar-refractivity contribution is 5.93. The van der Waals surface area contributed by atoms with Crippen molar-refractivity contribution in [2.75, 3.05) is 6.54 Å². The highest BCUT2D eigenvalue weighted by Gasteiger charge is 2.41. The van der Waals surface area contributed by atoms with Gasteiger partial charge in [0.15, 0.2) is 0 Å². The van der Waals surface area contributed by atoms with Gasteiger partial charge in [-0.3, -0.25) is 9.59 Å². The molecule has 0 aromatic carbocycles. The molecule has 0 bridgehead atoms. The molecule has 4 heteroatoms. The molecule has 1 aliphatic rings. The predicted molar refractivity (Wildman–Crippen MR) is 72.1 cm³/mol. The summed E-state index contributed by atoms with van der Waals surface area (Å²) in [6, 6.07) is -0.0542. The summed E-state index contributed by atoms with van der Waals surface area (Å²) in [4.78, 5) is 26.1. The maximum absolute atomic E-state index is 12.5. The average molecular weight is 252 g/mol. The Balaban J connectivity index is 3.01. The molecule has 0 aromatic heterocycles. The number of amides is 2. The fourth-order valence-electron chi connectivity index (χ4n) is 2.09. The van der Waals surface area contributed by atoms with E-state index in [2.05, 4.69) is 5.32 Å². The van der Waals surface area contributed by atoms with E-state index in [4.69, 9.17) is 0 Å². The van der Waals surface area contributed by atoms with Crippen LogP contribution < -0.4 is 5.32 Å². The molecule has 4 nitrogen and oxygen atoms in total.